The fourth-order valence-corrected chi connectivity index (χ4v) is 1.49. The largest absolute Gasteiger partial charge is 0.492 e. The molecule has 2 nitrogen and oxygen atoms in total. The Balaban J connectivity index is 2.23. The lowest BCUT2D eigenvalue weighted by Gasteiger charge is -2.07. The van der Waals surface area contributed by atoms with Gasteiger partial charge in [0.15, 0.2) is 0 Å². The summed E-state index contributed by atoms with van der Waals surface area (Å²) in [5.74, 6) is 0.945. The summed E-state index contributed by atoms with van der Waals surface area (Å²) in [4.78, 5) is 0. The van der Waals surface area contributed by atoms with Gasteiger partial charge in [-0.3, -0.25) is 0 Å². The predicted molar refractivity (Wildman–Crippen MR) is 69.0 cm³/mol. The van der Waals surface area contributed by atoms with Crippen molar-refractivity contribution in [2.45, 2.75) is 19.8 Å². The minimum atomic E-state index is 0.695. The van der Waals surface area contributed by atoms with Gasteiger partial charge in [-0.1, -0.05) is 31.6 Å². The molecule has 0 atom stereocenters. The van der Waals surface area contributed by atoms with E-state index < -0.39 is 0 Å². The lowest BCUT2D eigenvalue weighted by atomic mass is 10.1. The Morgan fingerprint density at radius 3 is 2.69 bits per heavy atom. The lowest BCUT2D eigenvalue weighted by Crippen LogP contribution is -2.20. The first-order chi connectivity index (χ1) is 7.86. The van der Waals surface area contributed by atoms with Crippen LogP contribution in [-0.2, 0) is 6.42 Å². The summed E-state index contributed by atoms with van der Waals surface area (Å²) < 4.78 is 5.59. The third-order valence-corrected chi connectivity index (χ3v) is 2.30. The molecule has 1 aromatic rings. The Morgan fingerprint density at radius 1 is 1.31 bits per heavy atom. The van der Waals surface area contributed by atoms with E-state index in [0.29, 0.717) is 6.61 Å². The Morgan fingerprint density at radius 2 is 2.06 bits per heavy atom. The van der Waals surface area contributed by atoms with Crippen molar-refractivity contribution in [1.82, 2.24) is 5.32 Å². The molecule has 0 aliphatic heterocycles. The highest BCUT2D eigenvalue weighted by Crippen LogP contribution is 2.12. The standard InChI is InChI=1S/C14H21NO/c1-3-5-13-6-8-14(9-7-13)16-12-11-15-10-4-2/h4,6-9,15H,2-3,5,10-12H2,1H3. The van der Waals surface area contributed by atoms with Gasteiger partial charge in [-0.15, -0.1) is 6.58 Å². The maximum atomic E-state index is 5.59. The smallest absolute Gasteiger partial charge is 0.119 e. The first kappa shape index (κ1) is 12.8. The summed E-state index contributed by atoms with van der Waals surface area (Å²) in [6.07, 6.45) is 4.17. The molecule has 0 saturated carbocycles. The van der Waals surface area contributed by atoms with Crippen LogP contribution in [0.3, 0.4) is 0 Å². The van der Waals surface area contributed by atoms with Crippen molar-refractivity contribution in [2.24, 2.45) is 0 Å². The molecule has 1 aromatic carbocycles. The number of hydrogen-bond donors (Lipinski definition) is 1. The molecule has 0 bridgehead atoms. The topological polar surface area (TPSA) is 21.3 Å². The highest BCUT2D eigenvalue weighted by atomic mass is 16.5. The van der Waals surface area contributed by atoms with Crippen molar-refractivity contribution < 1.29 is 4.74 Å². The molecule has 0 spiro atoms. The Bertz CT molecular complexity index is 292. The number of aryl methyl sites for hydroxylation is 1. The molecular formula is C14H21NO. The summed E-state index contributed by atoms with van der Waals surface area (Å²) in [5, 5.41) is 3.19. The summed E-state index contributed by atoms with van der Waals surface area (Å²) >= 11 is 0. The van der Waals surface area contributed by atoms with Gasteiger partial charge < -0.3 is 10.1 Å². The number of nitrogens with one attached hydrogen (secondary N) is 1. The molecule has 0 aliphatic carbocycles. The minimum Gasteiger partial charge on any atom is -0.492 e. The quantitative estimate of drug-likeness (QED) is 0.536. The summed E-state index contributed by atoms with van der Waals surface area (Å²) in [6, 6.07) is 8.35. The van der Waals surface area contributed by atoms with Crippen LogP contribution >= 0.6 is 0 Å². The van der Waals surface area contributed by atoms with Crippen LogP contribution in [0.5, 0.6) is 5.75 Å². The van der Waals surface area contributed by atoms with Crippen LogP contribution in [0.25, 0.3) is 0 Å². The second kappa shape index (κ2) is 7.94. The zero-order chi connectivity index (χ0) is 11.6. The third kappa shape index (κ3) is 4.99. The number of benzene rings is 1. The van der Waals surface area contributed by atoms with Gasteiger partial charge in [0, 0.05) is 13.1 Å². The van der Waals surface area contributed by atoms with Crippen LogP contribution in [0.4, 0.5) is 0 Å². The molecule has 0 unspecified atom stereocenters. The van der Waals surface area contributed by atoms with Crippen molar-refractivity contribution in [2.75, 3.05) is 19.7 Å². The van der Waals surface area contributed by atoms with E-state index in [2.05, 4.69) is 31.0 Å². The number of rotatable bonds is 8. The molecule has 0 amide bonds. The molecule has 0 heterocycles. The summed E-state index contributed by atoms with van der Waals surface area (Å²) in [6.45, 7) is 8.21. The van der Waals surface area contributed by atoms with Crippen LogP contribution < -0.4 is 10.1 Å². The molecule has 0 radical (unpaired) electrons. The summed E-state index contributed by atoms with van der Waals surface area (Å²) in [7, 11) is 0. The van der Waals surface area contributed by atoms with Gasteiger partial charge in [0.1, 0.15) is 12.4 Å². The van der Waals surface area contributed by atoms with Gasteiger partial charge in [0.2, 0.25) is 0 Å². The van der Waals surface area contributed by atoms with Crippen LogP contribution in [0.2, 0.25) is 0 Å². The fourth-order valence-electron chi connectivity index (χ4n) is 1.49. The molecule has 88 valence electrons. The maximum absolute atomic E-state index is 5.59. The van der Waals surface area contributed by atoms with Gasteiger partial charge in [-0.05, 0) is 24.1 Å². The van der Waals surface area contributed by atoms with Crippen LogP contribution in [0.1, 0.15) is 18.9 Å². The lowest BCUT2D eigenvalue weighted by molar-refractivity contribution is 0.316. The van der Waals surface area contributed by atoms with E-state index >= 15 is 0 Å². The van der Waals surface area contributed by atoms with Crippen molar-refractivity contribution in [3.8, 4) is 5.75 Å². The monoisotopic (exact) mass is 219 g/mol. The van der Waals surface area contributed by atoms with E-state index in [1.807, 2.05) is 18.2 Å². The molecule has 16 heavy (non-hydrogen) atoms. The third-order valence-electron chi connectivity index (χ3n) is 2.30. The highest BCUT2D eigenvalue weighted by Gasteiger charge is 1.94. The zero-order valence-electron chi connectivity index (χ0n) is 10.0. The molecule has 2 heteroatoms. The molecule has 0 fully saturated rings. The van der Waals surface area contributed by atoms with E-state index in [4.69, 9.17) is 4.74 Å². The Labute approximate surface area is 98.3 Å². The van der Waals surface area contributed by atoms with Gasteiger partial charge in [-0.25, -0.2) is 0 Å². The van der Waals surface area contributed by atoms with E-state index in [-0.39, 0.29) is 0 Å². The molecule has 0 aliphatic rings. The van der Waals surface area contributed by atoms with Crippen LogP contribution in [0, 0.1) is 0 Å². The molecule has 1 N–H and O–H groups in total. The Hall–Kier alpha value is -1.28. The minimum absolute atomic E-state index is 0.695. The van der Waals surface area contributed by atoms with Crippen LogP contribution in [0.15, 0.2) is 36.9 Å². The number of ether oxygens (including phenoxy) is 1. The van der Waals surface area contributed by atoms with Gasteiger partial charge in [0.05, 0.1) is 0 Å². The van der Waals surface area contributed by atoms with E-state index in [0.717, 1.165) is 25.3 Å². The second-order valence-corrected chi connectivity index (χ2v) is 3.74. The zero-order valence-corrected chi connectivity index (χ0v) is 10.0. The first-order valence-corrected chi connectivity index (χ1v) is 5.90. The molecule has 0 saturated heterocycles. The predicted octanol–water partition coefficient (Wildman–Crippen LogP) is 2.79. The van der Waals surface area contributed by atoms with Crippen molar-refractivity contribution >= 4 is 0 Å². The van der Waals surface area contributed by atoms with E-state index in [1.54, 1.807) is 0 Å². The van der Waals surface area contributed by atoms with Gasteiger partial charge >= 0.3 is 0 Å². The number of hydrogen-bond acceptors (Lipinski definition) is 2. The van der Waals surface area contributed by atoms with Gasteiger partial charge in [0.25, 0.3) is 0 Å². The summed E-state index contributed by atoms with van der Waals surface area (Å²) in [5.41, 5.74) is 1.37. The molecule has 0 aromatic heterocycles. The highest BCUT2D eigenvalue weighted by molar-refractivity contribution is 5.27. The van der Waals surface area contributed by atoms with E-state index in [1.165, 1.54) is 12.0 Å². The maximum Gasteiger partial charge on any atom is 0.119 e. The normalized spacial score (nSPS) is 10.1. The van der Waals surface area contributed by atoms with Crippen molar-refractivity contribution in [1.29, 1.82) is 0 Å². The van der Waals surface area contributed by atoms with E-state index in [9.17, 15) is 0 Å². The average Bonchev–Trinajstić information content (AvgIpc) is 2.31. The van der Waals surface area contributed by atoms with Gasteiger partial charge in [-0.2, -0.15) is 0 Å². The van der Waals surface area contributed by atoms with Crippen molar-refractivity contribution in [3.05, 3.63) is 42.5 Å². The SMILES string of the molecule is C=CCNCCOc1ccc(CCC)cc1. The molecule has 1 rings (SSSR count). The fraction of sp³-hybridized carbons (Fsp3) is 0.429. The second-order valence-electron chi connectivity index (χ2n) is 3.74. The van der Waals surface area contributed by atoms with Crippen LogP contribution in [-0.4, -0.2) is 19.7 Å². The van der Waals surface area contributed by atoms with Crippen molar-refractivity contribution in [3.63, 3.8) is 0 Å². The average molecular weight is 219 g/mol. The molecular weight excluding hydrogens is 198 g/mol. The Kier molecular flexibility index (Phi) is 6.35. The first-order valence-electron chi connectivity index (χ1n) is 5.90.